The Hall–Kier alpha value is -2.60. The molecule has 6 nitrogen and oxygen atoms in total. The third-order valence-electron chi connectivity index (χ3n) is 4.86. The van der Waals surface area contributed by atoms with Crippen LogP contribution in [-0.2, 0) is 6.61 Å². The van der Waals surface area contributed by atoms with Crippen molar-refractivity contribution >= 4 is 5.91 Å². The molecule has 1 aliphatic heterocycles. The van der Waals surface area contributed by atoms with Gasteiger partial charge in [-0.1, -0.05) is 6.07 Å². The number of benzene rings is 1. The molecule has 0 spiro atoms. The van der Waals surface area contributed by atoms with Crippen LogP contribution in [0.1, 0.15) is 36.2 Å². The molecule has 27 heavy (non-hydrogen) atoms. The molecule has 144 valence electrons. The van der Waals surface area contributed by atoms with Gasteiger partial charge in [-0.2, -0.15) is 0 Å². The predicted molar refractivity (Wildman–Crippen MR) is 104 cm³/mol. The number of rotatable bonds is 7. The summed E-state index contributed by atoms with van der Waals surface area (Å²) in [7, 11) is 0. The van der Waals surface area contributed by atoms with Crippen LogP contribution in [0, 0.1) is 5.92 Å². The van der Waals surface area contributed by atoms with Crippen molar-refractivity contribution in [3.8, 4) is 11.5 Å². The molecule has 2 atom stereocenters. The Labute approximate surface area is 160 Å². The van der Waals surface area contributed by atoms with E-state index in [0.717, 1.165) is 12.0 Å². The lowest BCUT2D eigenvalue weighted by Crippen LogP contribution is -2.34. The molecule has 2 heterocycles. The van der Waals surface area contributed by atoms with Crippen LogP contribution < -0.4 is 15.2 Å². The number of carbonyl (C=O) groups excluding carboxylic acids is 1. The van der Waals surface area contributed by atoms with Crippen LogP contribution in [-0.4, -0.2) is 41.5 Å². The minimum absolute atomic E-state index is 0.0122. The summed E-state index contributed by atoms with van der Waals surface area (Å²) in [5, 5.41) is 0. The van der Waals surface area contributed by atoms with E-state index in [0.29, 0.717) is 49.3 Å². The van der Waals surface area contributed by atoms with Gasteiger partial charge in [0.2, 0.25) is 0 Å². The highest BCUT2D eigenvalue weighted by atomic mass is 16.5. The van der Waals surface area contributed by atoms with Gasteiger partial charge < -0.3 is 20.1 Å². The maximum Gasteiger partial charge on any atom is 0.254 e. The van der Waals surface area contributed by atoms with Gasteiger partial charge in [0.25, 0.3) is 5.91 Å². The van der Waals surface area contributed by atoms with Crippen LogP contribution in [0.4, 0.5) is 0 Å². The van der Waals surface area contributed by atoms with E-state index in [1.807, 2.05) is 24.0 Å². The molecular formula is C21H27N3O3. The van der Waals surface area contributed by atoms with Gasteiger partial charge in [-0.25, -0.2) is 0 Å². The lowest BCUT2D eigenvalue weighted by atomic mass is 10.1. The number of nitrogens with zero attached hydrogens (tertiary/aromatic N) is 2. The van der Waals surface area contributed by atoms with Crippen molar-refractivity contribution in [1.82, 2.24) is 9.88 Å². The third kappa shape index (κ3) is 4.57. The van der Waals surface area contributed by atoms with E-state index in [1.165, 1.54) is 0 Å². The van der Waals surface area contributed by atoms with Crippen molar-refractivity contribution < 1.29 is 14.3 Å². The number of hydrogen-bond acceptors (Lipinski definition) is 5. The third-order valence-corrected chi connectivity index (χ3v) is 4.86. The van der Waals surface area contributed by atoms with Gasteiger partial charge in [0.1, 0.15) is 6.61 Å². The van der Waals surface area contributed by atoms with Crippen molar-refractivity contribution in [3.05, 3.63) is 53.9 Å². The van der Waals surface area contributed by atoms with E-state index >= 15 is 0 Å². The normalized spacial score (nSPS) is 19.1. The lowest BCUT2D eigenvalue weighted by molar-refractivity contribution is 0.0743. The minimum atomic E-state index is 0.0122. The topological polar surface area (TPSA) is 77.7 Å². The van der Waals surface area contributed by atoms with Gasteiger partial charge in [0.15, 0.2) is 11.5 Å². The quantitative estimate of drug-likeness (QED) is 0.812. The van der Waals surface area contributed by atoms with E-state index in [9.17, 15) is 4.79 Å². The van der Waals surface area contributed by atoms with Crippen LogP contribution in [0.5, 0.6) is 11.5 Å². The van der Waals surface area contributed by atoms with Gasteiger partial charge in [-0.3, -0.25) is 9.78 Å². The Morgan fingerprint density at radius 1 is 1.30 bits per heavy atom. The fourth-order valence-electron chi connectivity index (χ4n) is 3.44. The van der Waals surface area contributed by atoms with Crippen LogP contribution in [0.2, 0.25) is 0 Å². The molecule has 0 bridgehead atoms. The molecule has 1 aliphatic rings. The van der Waals surface area contributed by atoms with Crippen LogP contribution in [0.25, 0.3) is 0 Å². The molecule has 1 fully saturated rings. The number of nitrogens with two attached hydrogens (primary N) is 1. The largest absolute Gasteiger partial charge is 0.490 e. The standard InChI is InChI=1S/C21H27N3O3/c1-3-26-20-10-18(21(25)24-13-17(11-22)9-15(24)2)6-7-19(20)27-14-16-5-4-8-23-12-16/h4-8,10,12,15,17H,3,9,11,13-14,22H2,1-2H3. The van der Waals surface area contributed by atoms with Gasteiger partial charge >= 0.3 is 0 Å². The first-order valence-electron chi connectivity index (χ1n) is 9.42. The summed E-state index contributed by atoms with van der Waals surface area (Å²) in [5.41, 5.74) is 7.36. The summed E-state index contributed by atoms with van der Waals surface area (Å²) >= 11 is 0. The molecule has 2 N–H and O–H groups in total. The smallest absolute Gasteiger partial charge is 0.254 e. The number of carbonyl (C=O) groups is 1. The molecule has 6 heteroatoms. The lowest BCUT2D eigenvalue weighted by Gasteiger charge is -2.22. The zero-order valence-electron chi connectivity index (χ0n) is 15.9. The summed E-state index contributed by atoms with van der Waals surface area (Å²) in [4.78, 5) is 18.9. The predicted octanol–water partition coefficient (Wildman–Crippen LogP) is 2.87. The maximum atomic E-state index is 12.9. The Bertz CT molecular complexity index is 767. The van der Waals surface area contributed by atoms with Gasteiger partial charge in [0, 0.05) is 36.1 Å². The van der Waals surface area contributed by atoms with E-state index in [4.69, 9.17) is 15.2 Å². The minimum Gasteiger partial charge on any atom is -0.490 e. The Balaban J connectivity index is 1.75. The second-order valence-electron chi connectivity index (χ2n) is 6.89. The summed E-state index contributed by atoms with van der Waals surface area (Å²) in [6.45, 7) is 6.19. The van der Waals surface area contributed by atoms with Crippen molar-refractivity contribution in [3.63, 3.8) is 0 Å². The number of aromatic nitrogens is 1. The van der Waals surface area contributed by atoms with E-state index in [-0.39, 0.29) is 11.9 Å². The molecule has 3 rings (SSSR count). The highest BCUT2D eigenvalue weighted by molar-refractivity contribution is 5.95. The molecular weight excluding hydrogens is 342 g/mol. The molecule has 1 amide bonds. The van der Waals surface area contributed by atoms with Crippen LogP contribution >= 0.6 is 0 Å². The molecule has 0 saturated carbocycles. The Morgan fingerprint density at radius 3 is 2.81 bits per heavy atom. The number of pyridine rings is 1. The van der Waals surface area contributed by atoms with Crippen molar-refractivity contribution in [2.45, 2.75) is 32.9 Å². The molecule has 1 aromatic heterocycles. The molecule has 2 aromatic rings. The fraction of sp³-hybridized carbons (Fsp3) is 0.429. The van der Waals surface area contributed by atoms with Gasteiger partial charge in [-0.05, 0) is 57.0 Å². The Morgan fingerprint density at radius 2 is 2.15 bits per heavy atom. The van der Waals surface area contributed by atoms with E-state index < -0.39 is 0 Å². The average Bonchev–Trinajstić information content (AvgIpc) is 3.08. The first-order valence-corrected chi connectivity index (χ1v) is 9.42. The van der Waals surface area contributed by atoms with Gasteiger partial charge in [-0.15, -0.1) is 0 Å². The van der Waals surface area contributed by atoms with Crippen molar-refractivity contribution in [2.75, 3.05) is 19.7 Å². The summed E-state index contributed by atoms with van der Waals surface area (Å²) < 4.78 is 11.6. The highest BCUT2D eigenvalue weighted by Crippen LogP contribution is 2.31. The van der Waals surface area contributed by atoms with Gasteiger partial charge in [0.05, 0.1) is 6.61 Å². The monoisotopic (exact) mass is 369 g/mol. The van der Waals surface area contributed by atoms with E-state index in [2.05, 4.69) is 11.9 Å². The molecule has 1 saturated heterocycles. The fourth-order valence-corrected chi connectivity index (χ4v) is 3.44. The summed E-state index contributed by atoms with van der Waals surface area (Å²) in [6, 6.07) is 9.39. The van der Waals surface area contributed by atoms with Crippen molar-refractivity contribution in [2.24, 2.45) is 11.7 Å². The zero-order valence-corrected chi connectivity index (χ0v) is 15.9. The second-order valence-corrected chi connectivity index (χ2v) is 6.89. The second kappa shape index (κ2) is 8.86. The molecule has 1 aromatic carbocycles. The Kier molecular flexibility index (Phi) is 6.29. The number of ether oxygens (including phenoxy) is 2. The first-order chi connectivity index (χ1) is 13.1. The van der Waals surface area contributed by atoms with Crippen LogP contribution in [0.15, 0.2) is 42.7 Å². The van der Waals surface area contributed by atoms with Crippen LogP contribution in [0.3, 0.4) is 0 Å². The SMILES string of the molecule is CCOc1cc(C(=O)N2CC(CN)CC2C)ccc1OCc1cccnc1. The average molecular weight is 369 g/mol. The van der Waals surface area contributed by atoms with E-state index in [1.54, 1.807) is 30.6 Å². The molecule has 0 aliphatic carbocycles. The summed E-state index contributed by atoms with van der Waals surface area (Å²) in [6.07, 6.45) is 4.44. The highest BCUT2D eigenvalue weighted by Gasteiger charge is 2.32. The molecule has 0 radical (unpaired) electrons. The number of hydrogen-bond donors (Lipinski definition) is 1. The maximum absolute atomic E-state index is 12.9. The number of amides is 1. The summed E-state index contributed by atoms with van der Waals surface area (Å²) in [5.74, 6) is 1.58. The molecule has 2 unspecified atom stereocenters. The van der Waals surface area contributed by atoms with Crippen molar-refractivity contribution in [1.29, 1.82) is 0 Å². The first kappa shape index (κ1) is 19.2. The number of likely N-dealkylation sites (tertiary alicyclic amines) is 1. The zero-order chi connectivity index (χ0) is 19.2.